The average molecular weight is 344 g/mol. The van der Waals surface area contributed by atoms with Gasteiger partial charge in [0, 0.05) is 47.6 Å². The van der Waals surface area contributed by atoms with E-state index in [0.29, 0.717) is 19.6 Å². The molecule has 130 valence electrons. The lowest BCUT2D eigenvalue weighted by atomic mass is 10.2. The fourth-order valence-corrected chi connectivity index (χ4v) is 3.16. The molecule has 3 aromatic rings. The topological polar surface area (TPSA) is 52.2 Å². The van der Waals surface area contributed by atoms with Crippen molar-refractivity contribution in [1.29, 1.82) is 0 Å². The minimum atomic E-state index is 0.148. The Hall–Kier alpha value is -3.10. The van der Waals surface area contributed by atoms with Gasteiger partial charge in [-0.3, -0.25) is 14.7 Å². The summed E-state index contributed by atoms with van der Waals surface area (Å²) in [5, 5.41) is 1.07. The summed E-state index contributed by atoms with van der Waals surface area (Å²) in [6.07, 6.45) is 3.60. The van der Waals surface area contributed by atoms with Crippen molar-refractivity contribution in [3.8, 4) is 11.8 Å². The first kappa shape index (κ1) is 16.4. The van der Waals surface area contributed by atoms with E-state index in [9.17, 15) is 4.79 Å². The lowest BCUT2D eigenvalue weighted by Crippen LogP contribution is -2.49. The second kappa shape index (κ2) is 7.42. The number of fused-ring (bicyclic) bond motifs is 1. The molecule has 26 heavy (non-hydrogen) atoms. The molecule has 0 atom stereocenters. The van der Waals surface area contributed by atoms with Crippen LogP contribution < -0.4 is 0 Å². The quantitative estimate of drug-likeness (QED) is 0.742. The van der Waals surface area contributed by atoms with Gasteiger partial charge in [-0.15, -0.1) is 0 Å². The molecule has 0 bridgehead atoms. The number of pyridine rings is 1. The zero-order valence-corrected chi connectivity index (χ0v) is 14.5. The van der Waals surface area contributed by atoms with Crippen molar-refractivity contribution in [1.82, 2.24) is 19.8 Å². The van der Waals surface area contributed by atoms with E-state index in [4.69, 9.17) is 0 Å². The number of carbonyl (C=O) groups excluding carboxylic acids is 1. The van der Waals surface area contributed by atoms with Crippen LogP contribution in [0, 0.1) is 11.8 Å². The van der Waals surface area contributed by atoms with Crippen LogP contribution in [-0.2, 0) is 11.3 Å². The van der Waals surface area contributed by atoms with E-state index >= 15 is 0 Å². The summed E-state index contributed by atoms with van der Waals surface area (Å²) in [7, 11) is 0. The molecule has 0 radical (unpaired) electrons. The van der Waals surface area contributed by atoms with Gasteiger partial charge in [-0.1, -0.05) is 30.0 Å². The van der Waals surface area contributed by atoms with Crippen molar-refractivity contribution in [2.24, 2.45) is 0 Å². The SMILES string of the molecule is O=C1CN(CC#Cc2ccccc2)CCN1Cc1cc2cnccc2[nH]1. The van der Waals surface area contributed by atoms with Gasteiger partial charge in [-0.25, -0.2) is 0 Å². The molecule has 1 aliphatic rings. The van der Waals surface area contributed by atoms with Gasteiger partial charge < -0.3 is 9.88 Å². The number of benzene rings is 1. The second-order valence-corrected chi connectivity index (χ2v) is 6.45. The first-order chi connectivity index (χ1) is 12.8. The molecule has 1 aliphatic heterocycles. The monoisotopic (exact) mass is 344 g/mol. The summed E-state index contributed by atoms with van der Waals surface area (Å²) in [6.45, 7) is 3.21. The number of hydrogen-bond acceptors (Lipinski definition) is 3. The van der Waals surface area contributed by atoms with Crippen LogP contribution in [-0.4, -0.2) is 51.9 Å². The number of H-pyrrole nitrogens is 1. The minimum Gasteiger partial charge on any atom is -0.357 e. The predicted octanol–water partition coefficient (Wildman–Crippen LogP) is 2.26. The van der Waals surface area contributed by atoms with Gasteiger partial charge in [0.25, 0.3) is 0 Å². The minimum absolute atomic E-state index is 0.148. The number of carbonyl (C=O) groups is 1. The molecule has 2 aromatic heterocycles. The van der Waals surface area contributed by atoms with Crippen molar-refractivity contribution in [3.05, 3.63) is 66.1 Å². The Balaban J connectivity index is 1.33. The second-order valence-electron chi connectivity index (χ2n) is 6.45. The van der Waals surface area contributed by atoms with E-state index in [1.807, 2.05) is 47.5 Å². The van der Waals surface area contributed by atoms with Crippen molar-refractivity contribution < 1.29 is 4.79 Å². The number of amides is 1. The highest BCUT2D eigenvalue weighted by Gasteiger charge is 2.23. The Morgan fingerprint density at radius 2 is 2.04 bits per heavy atom. The highest BCUT2D eigenvalue weighted by molar-refractivity contribution is 5.81. The Kier molecular flexibility index (Phi) is 4.67. The van der Waals surface area contributed by atoms with Gasteiger partial charge >= 0.3 is 0 Å². The third-order valence-corrected chi connectivity index (χ3v) is 4.54. The van der Waals surface area contributed by atoms with Crippen molar-refractivity contribution in [3.63, 3.8) is 0 Å². The maximum absolute atomic E-state index is 12.5. The van der Waals surface area contributed by atoms with Crippen LogP contribution in [0.25, 0.3) is 10.9 Å². The van der Waals surface area contributed by atoms with E-state index in [1.54, 1.807) is 6.20 Å². The van der Waals surface area contributed by atoms with E-state index in [2.05, 4.69) is 32.8 Å². The number of nitrogens with one attached hydrogen (secondary N) is 1. The van der Waals surface area contributed by atoms with Crippen LogP contribution in [0.5, 0.6) is 0 Å². The maximum atomic E-state index is 12.5. The third-order valence-electron chi connectivity index (χ3n) is 4.54. The van der Waals surface area contributed by atoms with Crippen LogP contribution in [0.3, 0.4) is 0 Å². The fraction of sp³-hybridized carbons (Fsp3) is 0.238. The number of hydrogen-bond donors (Lipinski definition) is 1. The smallest absolute Gasteiger partial charge is 0.237 e. The van der Waals surface area contributed by atoms with Gasteiger partial charge in [0.05, 0.1) is 19.6 Å². The first-order valence-electron chi connectivity index (χ1n) is 8.73. The summed E-state index contributed by atoms with van der Waals surface area (Å²) in [5.74, 6) is 6.46. The van der Waals surface area contributed by atoms with Crippen LogP contribution in [0.4, 0.5) is 0 Å². The van der Waals surface area contributed by atoms with Crippen LogP contribution in [0.1, 0.15) is 11.3 Å². The Morgan fingerprint density at radius 3 is 2.85 bits per heavy atom. The van der Waals surface area contributed by atoms with Crippen LogP contribution >= 0.6 is 0 Å². The molecule has 3 heterocycles. The molecule has 5 nitrogen and oxygen atoms in total. The van der Waals surface area contributed by atoms with E-state index in [0.717, 1.165) is 35.2 Å². The molecule has 0 aliphatic carbocycles. The molecule has 1 fully saturated rings. The first-order valence-corrected chi connectivity index (χ1v) is 8.73. The number of aromatic nitrogens is 2. The highest BCUT2D eigenvalue weighted by Crippen LogP contribution is 2.16. The van der Waals surface area contributed by atoms with Gasteiger partial charge in [0.1, 0.15) is 0 Å². The maximum Gasteiger partial charge on any atom is 0.237 e. The van der Waals surface area contributed by atoms with E-state index in [1.165, 1.54) is 0 Å². The molecule has 1 aromatic carbocycles. The number of rotatable bonds is 3. The van der Waals surface area contributed by atoms with Gasteiger partial charge in [-0.05, 0) is 24.3 Å². The fourth-order valence-electron chi connectivity index (χ4n) is 3.16. The van der Waals surface area contributed by atoms with Crippen molar-refractivity contribution >= 4 is 16.8 Å². The molecule has 1 N–H and O–H groups in total. The highest BCUT2D eigenvalue weighted by atomic mass is 16.2. The summed E-state index contributed by atoms with van der Waals surface area (Å²) in [5.41, 5.74) is 3.10. The molecule has 1 saturated heterocycles. The molecule has 1 amide bonds. The summed E-state index contributed by atoms with van der Waals surface area (Å²) in [6, 6.07) is 13.9. The number of aromatic amines is 1. The molecule has 5 heteroatoms. The Bertz CT molecular complexity index is 935. The molecule has 0 saturated carbocycles. The summed E-state index contributed by atoms with van der Waals surface area (Å²) < 4.78 is 0. The Morgan fingerprint density at radius 1 is 1.15 bits per heavy atom. The van der Waals surface area contributed by atoms with Crippen LogP contribution in [0.2, 0.25) is 0 Å². The molecule has 0 spiro atoms. The summed E-state index contributed by atoms with van der Waals surface area (Å²) >= 11 is 0. The molecule has 4 rings (SSSR count). The van der Waals surface area contributed by atoms with Gasteiger partial charge in [-0.2, -0.15) is 0 Å². The standard InChI is InChI=1S/C21H20N4O/c26-21-16-24(10-4-7-17-5-2-1-3-6-17)11-12-25(21)15-19-13-18-14-22-9-8-20(18)23-19/h1-3,5-6,8-9,13-14,23H,10-12,15-16H2. The van der Waals surface area contributed by atoms with Gasteiger partial charge in [0.2, 0.25) is 5.91 Å². The zero-order valence-electron chi connectivity index (χ0n) is 14.5. The lowest BCUT2D eigenvalue weighted by Gasteiger charge is -2.33. The summed E-state index contributed by atoms with van der Waals surface area (Å²) in [4.78, 5) is 24.0. The Labute approximate surface area is 152 Å². The van der Waals surface area contributed by atoms with Crippen molar-refractivity contribution in [2.75, 3.05) is 26.2 Å². The van der Waals surface area contributed by atoms with E-state index in [-0.39, 0.29) is 5.91 Å². The zero-order chi connectivity index (χ0) is 17.8. The number of nitrogens with zero attached hydrogens (tertiary/aromatic N) is 3. The van der Waals surface area contributed by atoms with Crippen molar-refractivity contribution in [2.45, 2.75) is 6.54 Å². The normalized spacial score (nSPS) is 15.1. The molecule has 0 unspecified atom stereocenters. The third kappa shape index (κ3) is 3.76. The van der Waals surface area contributed by atoms with Crippen LogP contribution in [0.15, 0.2) is 54.9 Å². The predicted molar refractivity (Wildman–Crippen MR) is 101 cm³/mol. The largest absolute Gasteiger partial charge is 0.357 e. The molecular formula is C21H20N4O. The molecular weight excluding hydrogens is 324 g/mol. The lowest BCUT2D eigenvalue weighted by molar-refractivity contribution is -0.136. The van der Waals surface area contributed by atoms with Gasteiger partial charge in [0.15, 0.2) is 0 Å². The van der Waals surface area contributed by atoms with E-state index < -0.39 is 0 Å². The average Bonchev–Trinajstić information content (AvgIpc) is 3.07. The number of piperazine rings is 1.